The smallest absolute Gasteiger partial charge is 0.238 e. The molecule has 0 amide bonds. The maximum atomic E-state index is 11.1. The second-order valence-electron chi connectivity index (χ2n) is 4.37. The number of rotatable bonds is 4. The van der Waals surface area contributed by atoms with Crippen molar-refractivity contribution in [2.75, 3.05) is 5.75 Å². The number of hydrogen-bond donors (Lipinski definition) is 2. The molecule has 1 heterocycles. The second-order valence-corrected chi connectivity index (χ2v) is 6.94. The van der Waals surface area contributed by atoms with Gasteiger partial charge in [0, 0.05) is 11.8 Å². The summed E-state index contributed by atoms with van der Waals surface area (Å²) in [5.41, 5.74) is 0.960. The number of aliphatic imine (C=N–C) groups is 1. The molecule has 1 aromatic rings. The summed E-state index contributed by atoms with van der Waals surface area (Å²) in [4.78, 5) is 4.60. The lowest BCUT2D eigenvalue weighted by atomic mass is 10.2. The van der Waals surface area contributed by atoms with Crippen LogP contribution in [0.15, 0.2) is 34.2 Å². The van der Waals surface area contributed by atoms with Gasteiger partial charge in [0.1, 0.15) is 0 Å². The van der Waals surface area contributed by atoms with Crippen LogP contribution in [-0.4, -0.2) is 25.4 Å². The summed E-state index contributed by atoms with van der Waals surface area (Å²) < 4.78 is 22.2. The van der Waals surface area contributed by atoms with Gasteiger partial charge >= 0.3 is 0 Å². The van der Waals surface area contributed by atoms with Crippen molar-refractivity contribution in [1.29, 1.82) is 0 Å². The molecule has 7 heteroatoms. The molecule has 2 rings (SSSR count). The van der Waals surface area contributed by atoms with Gasteiger partial charge in [0.25, 0.3) is 0 Å². The van der Waals surface area contributed by atoms with E-state index in [1.165, 1.54) is 12.1 Å². The average molecular weight is 299 g/mol. The van der Waals surface area contributed by atoms with Crippen LogP contribution in [0.3, 0.4) is 0 Å². The molecule has 19 heavy (non-hydrogen) atoms. The molecule has 1 aliphatic rings. The molecule has 1 aliphatic heterocycles. The van der Waals surface area contributed by atoms with Crippen LogP contribution in [0.25, 0.3) is 0 Å². The minimum Gasteiger partial charge on any atom is -0.361 e. The van der Waals surface area contributed by atoms with Crippen molar-refractivity contribution >= 4 is 27.0 Å². The van der Waals surface area contributed by atoms with Gasteiger partial charge in [-0.05, 0) is 24.1 Å². The van der Waals surface area contributed by atoms with Crippen LogP contribution in [0.4, 0.5) is 0 Å². The summed E-state index contributed by atoms with van der Waals surface area (Å²) in [5.74, 6) is 1.06. The molecule has 1 saturated heterocycles. The monoisotopic (exact) mass is 299 g/mol. The van der Waals surface area contributed by atoms with Crippen LogP contribution in [-0.2, 0) is 16.6 Å². The Morgan fingerprint density at radius 2 is 2.11 bits per heavy atom. The second kappa shape index (κ2) is 5.94. The number of amidine groups is 1. The van der Waals surface area contributed by atoms with Gasteiger partial charge < -0.3 is 5.32 Å². The fraction of sp³-hybridized carbons (Fsp3) is 0.417. The average Bonchev–Trinajstić information content (AvgIpc) is 2.84. The van der Waals surface area contributed by atoms with Gasteiger partial charge in [0.05, 0.1) is 11.4 Å². The number of primary sulfonamides is 1. The van der Waals surface area contributed by atoms with Gasteiger partial charge in [-0.3, -0.25) is 4.99 Å². The number of nitrogens with zero attached hydrogens (tertiary/aromatic N) is 1. The molecule has 0 saturated carbocycles. The Hall–Kier alpha value is -1.05. The molecule has 1 fully saturated rings. The summed E-state index contributed by atoms with van der Waals surface area (Å²) in [7, 11) is -3.61. The maximum Gasteiger partial charge on any atom is 0.238 e. The molecular weight excluding hydrogens is 282 g/mol. The van der Waals surface area contributed by atoms with E-state index < -0.39 is 10.0 Å². The van der Waals surface area contributed by atoms with Gasteiger partial charge in [0.2, 0.25) is 10.0 Å². The Kier molecular flexibility index (Phi) is 4.49. The van der Waals surface area contributed by atoms with Gasteiger partial charge in [-0.1, -0.05) is 30.8 Å². The van der Waals surface area contributed by atoms with Crippen LogP contribution in [0.2, 0.25) is 0 Å². The van der Waals surface area contributed by atoms with E-state index in [1.807, 2.05) is 0 Å². The summed E-state index contributed by atoms with van der Waals surface area (Å²) in [6, 6.07) is 7.00. The molecule has 3 N–H and O–H groups in total. The predicted molar refractivity (Wildman–Crippen MR) is 78.6 cm³/mol. The molecule has 0 aliphatic carbocycles. The van der Waals surface area contributed by atoms with Crippen molar-refractivity contribution in [3.8, 4) is 0 Å². The van der Waals surface area contributed by atoms with E-state index in [9.17, 15) is 8.42 Å². The molecule has 104 valence electrons. The van der Waals surface area contributed by atoms with Crippen molar-refractivity contribution in [3.63, 3.8) is 0 Å². The standard InChI is InChI=1S/C12H17N3O2S2/c1-2-10-8-18-12(15-10)14-7-9-3-5-11(6-4-9)19(13,16)17/h3-6,10H,2,7-8H2,1H3,(H,14,15)(H2,13,16,17). The first-order valence-corrected chi connectivity index (χ1v) is 8.57. The number of thioether (sulfide) groups is 1. The van der Waals surface area contributed by atoms with E-state index in [2.05, 4.69) is 17.2 Å². The van der Waals surface area contributed by atoms with Crippen LogP contribution >= 0.6 is 11.8 Å². The minimum atomic E-state index is -3.61. The van der Waals surface area contributed by atoms with E-state index in [0.717, 1.165) is 22.9 Å². The van der Waals surface area contributed by atoms with Crippen LogP contribution < -0.4 is 10.5 Å². The zero-order valence-corrected chi connectivity index (χ0v) is 12.3. The zero-order chi connectivity index (χ0) is 13.9. The topological polar surface area (TPSA) is 84.5 Å². The fourth-order valence-corrected chi connectivity index (χ4v) is 3.30. The lowest BCUT2D eigenvalue weighted by Gasteiger charge is -2.05. The van der Waals surface area contributed by atoms with E-state index >= 15 is 0 Å². The first-order valence-electron chi connectivity index (χ1n) is 6.04. The first kappa shape index (κ1) is 14.4. The van der Waals surface area contributed by atoms with Crippen molar-refractivity contribution < 1.29 is 8.42 Å². The van der Waals surface area contributed by atoms with Crippen molar-refractivity contribution in [2.45, 2.75) is 30.8 Å². The van der Waals surface area contributed by atoms with Crippen molar-refractivity contribution in [2.24, 2.45) is 10.1 Å². The van der Waals surface area contributed by atoms with Crippen LogP contribution in [0, 0.1) is 0 Å². The van der Waals surface area contributed by atoms with Crippen molar-refractivity contribution in [1.82, 2.24) is 5.32 Å². The van der Waals surface area contributed by atoms with Gasteiger partial charge in [-0.2, -0.15) is 0 Å². The van der Waals surface area contributed by atoms with Gasteiger partial charge in [-0.15, -0.1) is 0 Å². The summed E-state index contributed by atoms with van der Waals surface area (Å²) in [6.45, 7) is 2.68. The third-order valence-electron chi connectivity index (χ3n) is 2.90. The quantitative estimate of drug-likeness (QED) is 0.878. The molecule has 0 spiro atoms. The molecular formula is C12H17N3O2S2. The number of sulfonamides is 1. The van der Waals surface area contributed by atoms with Gasteiger partial charge in [-0.25, -0.2) is 13.6 Å². The van der Waals surface area contributed by atoms with Gasteiger partial charge in [0.15, 0.2) is 5.17 Å². The number of nitrogens with one attached hydrogen (secondary N) is 1. The highest BCUT2D eigenvalue weighted by Crippen LogP contribution is 2.17. The molecule has 0 aromatic heterocycles. The zero-order valence-electron chi connectivity index (χ0n) is 10.7. The third kappa shape index (κ3) is 3.95. The molecule has 5 nitrogen and oxygen atoms in total. The Morgan fingerprint density at radius 1 is 1.42 bits per heavy atom. The lowest BCUT2D eigenvalue weighted by molar-refractivity contribution is 0.598. The highest BCUT2D eigenvalue weighted by atomic mass is 32.2. The summed E-state index contributed by atoms with van der Waals surface area (Å²) in [6.07, 6.45) is 1.09. The SMILES string of the molecule is CCC1CSC(=NCc2ccc(S(N)(=O)=O)cc2)N1. The summed E-state index contributed by atoms with van der Waals surface area (Å²) >= 11 is 1.72. The van der Waals surface area contributed by atoms with Crippen molar-refractivity contribution in [3.05, 3.63) is 29.8 Å². The van der Waals surface area contributed by atoms with E-state index in [1.54, 1.807) is 23.9 Å². The third-order valence-corrected chi connectivity index (χ3v) is 4.92. The highest BCUT2D eigenvalue weighted by Gasteiger charge is 2.17. The normalized spacial score (nSPS) is 21.6. The Morgan fingerprint density at radius 3 is 2.63 bits per heavy atom. The van der Waals surface area contributed by atoms with E-state index in [-0.39, 0.29) is 4.90 Å². The minimum absolute atomic E-state index is 0.128. The highest BCUT2D eigenvalue weighted by molar-refractivity contribution is 8.14. The summed E-state index contributed by atoms with van der Waals surface area (Å²) in [5, 5.41) is 9.35. The molecule has 0 bridgehead atoms. The fourth-order valence-electron chi connectivity index (χ4n) is 1.70. The largest absolute Gasteiger partial charge is 0.361 e. The Labute approximate surface area is 117 Å². The number of hydrogen-bond acceptors (Lipinski definition) is 4. The Balaban J connectivity index is 1.99. The van der Waals surface area contributed by atoms with Crippen LogP contribution in [0.1, 0.15) is 18.9 Å². The number of nitrogens with two attached hydrogens (primary N) is 1. The van der Waals surface area contributed by atoms with E-state index in [4.69, 9.17) is 5.14 Å². The van der Waals surface area contributed by atoms with Crippen LogP contribution in [0.5, 0.6) is 0 Å². The lowest BCUT2D eigenvalue weighted by Crippen LogP contribution is -2.25. The maximum absolute atomic E-state index is 11.1. The molecule has 1 aromatic carbocycles. The molecule has 1 atom stereocenters. The van der Waals surface area contributed by atoms with E-state index in [0.29, 0.717) is 12.6 Å². The first-order chi connectivity index (χ1) is 8.99. The Bertz CT molecular complexity index is 567. The molecule has 1 unspecified atom stereocenters. The number of benzene rings is 1. The molecule has 0 radical (unpaired) electrons. The predicted octanol–water partition coefficient (Wildman–Crippen LogP) is 1.31.